The van der Waals surface area contributed by atoms with Crippen LogP contribution in [0.3, 0.4) is 0 Å². The van der Waals surface area contributed by atoms with E-state index in [1.807, 2.05) is 55.5 Å². The monoisotopic (exact) mass is 312 g/mol. The van der Waals surface area contributed by atoms with E-state index in [0.717, 1.165) is 16.1 Å². The molecule has 5 heteroatoms. The van der Waals surface area contributed by atoms with E-state index in [1.165, 1.54) is 11.8 Å². The van der Waals surface area contributed by atoms with E-state index in [9.17, 15) is 9.59 Å². The summed E-state index contributed by atoms with van der Waals surface area (Å²) in [6, 6.07) is 15.0. The number of fused-ring (bicyclic) bond motifs is 1. The second-order valence-corrected chi connectivity index (χ2v) is 6.87. The predicted octanol–water partition coefficient (Wildman–Crippen LogP) is 3.44. The number of aryl methyl sites for hydroxylation is 1. The van der Waals surface area contributed by atoms with Crippen molar-refractivity contribution in [2.75, 3.05) is 10.6 Å². The van der Waals surface area contributed by atoms with E-state index in [1.54, 1.807) is 6.92 Å². The average Bonchev–Trinajstić information content (AvgIpc) is 2.50. The zero-order chi connectivity index (χ0) is 15.7. The summed E-state index contributed by atoms with van der Waals surface area (Å²) >= 11 is 1.27. The Labute approximate surface area is 133 Å². The summed E-state index contributed by atoms with van der Waals surface area (Å²) < 4.78 is -1.20. The topological polar surface area (TPSA) is 58.2 Å². The zero-order valence-electron chi connectivity index (χ0n) is 12.3. The highest BCUT2D eigenvalue weighted by atomic mass is 32.2. The minimum absolute atomic E-state index is 0.305. The van der Waals surface area contributed by atoms with Crippen molar-refractivity contribution in [3.63, 3.8) is 0 Å². The fourth-order valence-corrected chi connectivity index (χ4v) is 3.31. The maximum absolute atomic E-state index is 12.6. The molecular weight excluding hydrogens is 296 g/mol. The van der Waals surface area contributed by atoms with Crippen molar-refractivity contribution >= 4 is 35.0 Å². The molecule has 0 spiro atoms. The molecule has 1 unspecified atom stereocenters. The Morgan fingerprint density at radius 2 is 1.82 bits per heavy atom. The predicted molar refractivity (Wildman–Crippen MR) is 89.1 cm³/mol. The van der Waals surface area contributed by atoms with Crippen LogP contribution in [-0.4, -0.2) is 16.6 Å². The van der Waals surface area contributed by atoms with Gasteiger partial charge in [0.1, 0.15) is 0 Å². The fraction of sp³-hybridized carbons (Fsp3) is 0.176. The van der Waals surface area contributed by atoms with Gasteiger partial charge in [-0.15, -0.1) is 0 Å². The first-order chi connectivity index (χ1) is 10.5. The van der Waals surface area contributed by atoms with Crippen molar-refractivity contribution in [3.8, 4) is 0 Å². The van der Waals surface area contributed by atoms with Crippen LogP contribution >= 0.6 is 11.8 Å². The number of nitrogens with one attached hydrogen (secondary N) is 2. The van der Waals surface area contributed by atoms with Gasteiger partial charge in [0.25, 0.3) is 0 Å². The van der Waals surface area contributed by atoms with Gasteiger partial charge in [-0.2, -0.15) is 0 Å². The second kappa shape index (κ2) is 5.50. The SMILES string of the molecule is Cc1ccc(NC(=O)C2(C)Sc3ccccc3NC2=O)cc1. The molecule has 2 aromatic rings. The Morgan fingerprint density at radius 1 is 1.14 bits per heavy atom. The van der Waals surface area contributed by atoms with Crippen LogP contribution in [0.2, 0.25) is 0 Å². The van der Waals surface area contributed by atoms with Gasteiger partial charge in [-0.1, -0.05) is 41.6 Å². The number of hydrogen-bond donors (Lipinski definition) is 2. The lowest BCUT2D eigenvalue weighted by atomic mass is 10.1. The quantitative estimate of drug-likeness (QED) is 0.835. The Hall–Kier alpha value is -2.27. The van der Waals surface area contributed by atoms with E-state index in [4.69, 9.17) is 0 Å². The minimum Gasteiger partial charge on any atom is -0.324 e. The minimum atomic E-state index is -1.20. The van der Waals surface area contributed by atoms with Crippen molar-refractivity contribution in [2.45, 2.75) is 23.5 Å². The molecule has 3 rings (SSSR count). The molecule has 2 aromatic carbocycles. The van der Waals surface area contributed by atoms with Crippen molar-refractivity contribution in [1.29, 1.82) is 0 Å². The van der Waals surface area contributed by atoms with E-state index < -0.39 is 4.75 Å². The molecule has 1 atom stereocenters. The van der Waals surface area contributed by atoms with Crippen molar-refractivity contribution in [3.05, 3.63) is 54.1 Å². The van der Waals surface area contributed by atoms with E-state index >= 15 is 0 Å². The second-order valence-electron chi connectivity index (χ2n) is 5.41. The number of anilines is 2. The Bertz CT molecular complexity index is 743. The van der Waals surface area contributed by atoms with Gasteiger partial charge in [-0.25, -0.2) is 0 Å². The molecule has 22 heavy (non-hydrogen) atoms. The van der Waals surface area contributed by atoms with Crippen LogP contribution in [0.25, 0.3) is 0 Å². The molecule has 0 bridgehead atoms. The van der Waals surface area contributed by atoms with Gasteiger partial charge in [0.05, 0.1) is 5.69 Å². The third kappa shape index (κ3) is 2.60. The first-order valence-corrected chi connectivity index (χ1v) is 7.78. The van der Waals surface area contributed by atoms with Crippen LogP contribution in [0.15, 0.2) is 53.4 Å². The van der Waals surface area contributed by atoms with Gasteiger partial charge >= 0.3 is 0 Å². The first kappa shape index (κ1) is 14.7. The smallest absolute Gasteiger partial charge is 0.250 e. The molecule has 0 saturated carbocycles. The number of carbonyl (C=O) groups excluding carboxylic acids is 2. The van der Waals surface area contributed by atoms with Gasteiger partial charge in [-0.3, -0.25) is 9.59 Å². The Balaban J connectivity index is 1.85. The lowest BCUT2D eigenvalue weighted by molar-refractivity contribution is -0.126. The molecule has 0 radical (unpaired) electrons. The van der Waals surface area contributed by atoms with Crippen LogP contribution in [0, 0.1) is 6.92 Å². The van der Waals surface area contributed by atoms with E-state index in [2.05, 4.69) is 10.6 Å². The van der Waals surface area contributed by atoms with Gasteiger partial charge in [0.2, 0.25) is 11.8 Å². The number of amides is 2. The summed E-state index contributed by atoms with van der Waals surface area (Å²) in [6.45, 7) is 3.63. The number of rotatable bonds is 2. The lowest BCUT2D eigenvalue weighted by Gasteiger charge is -2.31. The number of carbonyl (C=O) groups is 2. The van der Waals surface area contributed by atoms with Gasteiger partial charge in [-0.05, 0) is 38.1 Å². The van der Waals surface area contributed by atoms with Gasteiger partial charge < -0.3 is 10.6 Å². The van der Waals surface area contributed by atoms with Crippen molar-refractivity contribution in [1.82, 2.24) is 0 Å². The maximum Gasteiger partial charge on any atom is 0.250 e. The lowest BCUT2D eigenvalue weighted by Crippen LogP contribution is -2.49. The highest BCUT2D eigenvalue weighted by molar-refractivity contribution is 8.02. The number of benzene rings is 2. The number of hydrogen-bond acceptors (Lipinski definition) is 3. The van der Waals surface area contributed by atoms with Crippen molar-refractivity contribution < 1.29 is 9.59 Å². The standard InChI is InChI=1S/C17H16N2O2S/c1-11-7-9-12(10-8-11)18-15(20)17(2)16(21)19-13-5-3-4-6-14(13)22-17/h3-10H,1-2H3,(H,18,20)(H,19,21). The molecule has 112 valence electrons. The first-order valence-electron chi connectivity index (χ1n) is 6.97. The molecule has 2 amide bonds. The molecule has 0 fully saturated rings. The van der Waals surface area contributed by atoms with Gasteiger partial charge in [0, 0.05) is 10.6 Å². The zero-order valence-corrected chi connectivity index (χ0v) is 13.2. The van der Waals surface area contributed by atoms with Gasteiger partial charge in [0.15, 0.2) is 4.75 Å². The normalized spacial score (nSPS) is 20.0. The average molecular weight is 312 g/mol. The van der Waals surface area contributed by atoms with Crippen LogP contribution < -0.4 is 10.6 Å². The largest absolute Gasteiger partial charge is 0.324 e. The van der Waals surface area contributed by atoms with Crippen LogP contribution in [0.1, 0.15) is 12.5 Å². The fourth-order valence-electron chi connectivity index (χ4n) is 2.20. The summed E-state index contributed by atoms with van der Waals surface area (Å²) in [7, 11) is 0. The third-order valence-corrected chi connectivity index (χ3v) is 4.98. The highest BCUT2D eigenvalue weighted by Gasteiger charge is 2.45. The number of para-hydroxylation sites is 1. The van der Waals surface area contributed by atoms with Crippen LogP contribution in [0.4, 0.5) is 11.4 Å². The molecule has 1 aliphatic rings. The van der Waals surface area contributed by atoms with E-state index in [-0.39, 0.29) is 11.8 Å². The Morgan fingerprint density at radius 3 is 2.55 bits per heavy atom. The summed E-state index contributed by atoms with van der Waals surface area (Å²) in [5, 5.41) is 5.63. The van der Waals surface area contributed by atoms with Crippen LogP contribution in [0.5, 0.6) is 0 Å². The van der Waals surface area contributed by atoms with Crippen molar-refractivity contribution in [2.24, 2.45) is 0 Å². The summed E-state index contributed by atoms with van der Waals surface area (Å²) in [5.41, 5.74) is 2.55. The molecular formula is C17H16N2O2S. The molecule has 1 heterocycles. The molecule has 0 aliphatic carbocycles. The summed E-state index contributed by atoms with van der Waals surface area (Å²) in [4.78, 5) is 25.9. The third-order valence-electron chi connectivity index (χ3n) is 3.63. The summed E-state index contributed by atoms with van der Waals surface area (Å²) in [5.74, 6) is -0.630. The molecule has 0 saturated heterocycles. The molecule has 1 aliphatic heterocycles. The molecule has 0 aromatic heterocycles. The highest BCUT2D eigenvalue weighted by Crippen LogP contribution is 2.42. The molecule has 4 nitrogen and oxygen atoms in total. The molecule has 2 N–H and O–H groups in total. The summed E-state index contributed by atoms with van der Waals surface area (Å²) in [6.07, 6.45) is 0. The maximum atomic E-state index is 12.6. The van der Waals surface area contributed by atoms with Crippen LogP contribution in [-0.2, 0) is 9.59 Å². The Kier molecular flexibility index (Phi) is 3.66. The number of thioether (sulfide) groups is 1. The van der Waals surface area contributed by atoms with E-state index in [0.29, 0.717) is 5.69 Å².